The Morgan fingerprint density at radius 2 is 2.00 bits per heavy atom. The molecule has 0 saturated carbocycles. The number of carbonyl (C=O) groups is 1. The van der Waals surface area contributed by atoms with Crippen LogP contribution in [0, 0.1) is 17.1 Å². The van der Waals surface area contributed by atoms with Crippen LogP contribution in [0.4, 0.5) is 14.9 Å². The Balaban J connectivity index is 1.65. The molecule has 1 fully saturated rings. The topological polar surface area (TPSA) is 65.8 Å². The van der Waals surface area contributed by atoms with Gasteiger partial charge in [-0.05, 0) is 64.8 Å². The van der Waals surface area contributed by atoms with E-state index in [2.05, 4.69) is 11.8 Å². The fourth-order valence-electron chi connectivity index (χ4n) is 4.02. The number of rotatable bonds is 6. The molecular weight excluding hydrogens is 421 g/mol. The van der Waals surface area contributed by atoms with E-state index in [4.69, 9.17) is 14.7 Å². The van der Waals surface area contributed by atoms with E-state index in [0.717, 1.165) is 18.5 Å². The van der Waals surface area contributed by atoms with E-state index in [-0.39, 0.29) is 30.3 Å². The summed E-state index contributed by atoms with van der Waals surface area (Å²) in [6.07, 6.45) is 1.59. The monoisotopic (exact) mass is 453 g/mol. The van der Waals surface area contributed by atoms with Crippen LogP contribution in [0.25, 0.3) is 0 Å². The van der Waals surface area contributed by atoms with Crippen molar-refractivity contribution in [3.05, 3.63) is 59.4 Å². The van der Waals surface area contributed by atoms with Crippen LogP contribution in [-0.2, 0) is 11.3 Å². The molecule has 1 saturated heterocycles. The first kappa shape index (κ1) is 24.4. The third-order valence-electron chi connectivity index (χ3n) is 5.71. The molecule has 2 aromatic rings. The average molecular weight is 454 g/mol. The standard InChI is InChI=1S/C26H32FN3O3/c1-18-9-12-22(30(18)25(31)33-26(2,3)4)16-29(5)21-7-6-8-23(14-21)32-17-20-11-10-19(15-28)13-24(20)27/h6-8,10-11,13-14,18,22H,9,12,16-17H2,1-5H3. The maximum Gasteiger partial charge on any atom is 0.410 e. The number of hydrogen-bond donors (Lipinski definition) is 0. The summed E-state index contributed by atoms with van der Waals surface area (Å²) >= 11 is 0. The summed E-state index contributed by atoms with van der Waals surface area (Å²) in [5, 5.41) is 8.88. The number of carbonyl (C=O) groups excluding carboxylic acids is 1. The number of anilines is 1. The Morgan fingerprint density at radius 1 is 1.24 bits per heavy atom. The highest BCUT2D eigenvalue weighted by atomic mass is 19.1. The minimum Gasteiger partial charge on any atom is -0.489 e. The molecule has 3 rings (SSSR count). The van der Waals surface area contributed by atoms with Gasteiger partial charge in [0.2, 0.25) is 0 Å². The van der Waals surface area contributed by atoms with Crippen LogP contribution in [0.1, 0.15) is 51.7 Å². The van der Waals surface area contributed by atoms with Crippen LogP contribution < -0.4 is 9.64 Å². The molecule has 0 bridgehead atoms. The molecule has 0 radical (unpaired) electrons. The van der Waals surface area contributed by atoms with Crippen LogP contribution in [0.5, 0.6) is 5.75 Å². The van der Waals surface area contributed by atoms with Gasteiger partial charge >= 0.3 is 6.09 Å². The molecule has 2 unspecified atom stereocenters. The molecule has 0 N–H and O–H groups in total. The number of nitrogens with zero attached hydrogens (tertiary/aromatic N) is 3. The van der Waals surface area contributed by atoms with Crippen molar-refractivity contribution >= 4 is 11.8 Å². The minimum atomic E-state index is -0.532. The molecule has 0 aliphatic carbocycles. The lowest BCUT2D eigenvalue weighted by molar-refractivity contribution is 0.0167. The van der Waals surface area contributed by atoms with Crippen molar-refractivity contribution in [3.63, 3.8) is 0 Å². The molecule has 1 aliphatic heterocycles. The Hall–Kier alpha value is -3.27. The zero-order chi connectivity index (χ0) is 24.2. The highest BCUT2D eigenvalue weighted by Gasteiger charge is 2.37. The van der Waals surface area contributed by atoms with Gasteiger partial charge in [-0.25, -0.2) is 9.18 Å². The molecule has 1 aliphatic rings. The van der Waals surface area contributed by atoms with E-state index < -0.39 is 11.4 Å². The minimum absolute atomic E-state index is 0.0529. The maximum absolute atomic E-state index is 14.1. The molecule has 1 heterocycles. The second-order valence-corrected chi connectivity index (χ2v) is 9.55. The number of likely N-dealkylation sites (tertiary alicyclic amines) is 1. The van der Waals surface area contributed by atoms with Crippen molar-refractivity contribution in [1.29, 1.82) is 5.26 Å². The predicted octanol–water partition coefficient (Wildman–Crippen LogP) is 5.50. The smallest absolute Gasteiger partial charge is 0.410 e. The van der Waals surface area contributed by atoms with E-state index in [9.17, 15) is 9.18 Å². The van der Waals surface area contributed by atoms with E-state index in [1.807, 2.05) is 63.1 Å². The third kappa shape index (κ3) is 6.38. The van der Waals surface area contributed by atoms with Gasteiger partial charge < -0.3 is 19.3 Å². The maximum atomic E-state index is 14.1. The Labute approximate surface area is 195 Å². The number of likely N-dealkylation sites (N-methyl/N-ethyl adjacent to an activating group) is 1. The lowest BCUT2D eigenvalue weighted by Gasteiger charge is -2.33. The van der Waals surface area contributed by atoms with Crippen LogP contribution in [0.2, 0.25) is 0 Å². The Morgan fingerprint density at radius 3 is 2.67 bits per heavy atom. The summed E-state index contributed by atoms with van der Waals surface area (Å²) in [6, 6.07) is 14.1. The molecule has 2 atom stereocenters. The van der Waals surface area contributed by atoms with Crippen LogP contribution in [0.3, 0.4) is 0 Å². The Bertz CT molecular complexity index is 1030. The fourth-order valence-corrected chi connectivity index (χ4v) is 4.02. The van der Waals surface area contributed by atoms with Gasteiger partial charge in [-0.3, -0.25) is 0 Å². The van der Waals surface area contributed by atoms with Gasteiger partial charge in [0.15, 0.2) is 0 Å². The van der Waals surface area contributed by atoms with Gasteiger partial charge in [0.05, 0.1) is 17.7 Å². The van der Waals surface area contributed by atoms with Gasteiger partial charge in [0.25, 0.3) is 0 Å². The summed E-state index contributed by atoms with van der Waals surface area (Å²) in [5.41, 5.74) is 1.08. The van der Waals surface area contributed by atoms with E-state index in [0.29, 0.717) is 17.9 Å². The second-order valence-electron chi connectivity index (χ2n) is 9.55. The first-order valence-corrected chi connectivity index (χ1v) is 11.2. The zero-order valence-corrected chi connectivity index (χ0v) is 20.0. The molecule has 1 amide bonds. The van der Waals surface area contributed by atoms with Crippen molar-refractivity contribution in [3.8, 4) is 11.8 Å². The molecule has 0 aromatic heterocycles. The molecule has 2 aromatic carbocycles. The molecular formula is C26H32FN3O3. The molecule has 7 heteroatoms. The number of amides is 1. The fraction of sp³-hybridized carbons (Fsp3) is 0.462. The highest BCUT2D eigenvalue weighted by molar-refractivity contribution is 5.69. The number of halogens is 1. The lowest BCUT2D eigenvalue weighted by atomic mass is 10.1. The zero-order valence-electron chi connectivity index (χ0n) is 20.0. The van der Waals surface area contributed by atoms with Crippen LogP contribution in [0.15, 0.2) is 42.5 Å². The number of benzene rings is 2. The number of hydrogen-bond acceptors (Lipinski definition) is 5. The van der Waals surface area contributed by atoms with Gasteiger partial charge in [-0.15, -0.1) is 0 Å². The molecule has 6 nitrogen and oxygen atoms in total. The van der Waals surface area contributed by atoms with Crippen molar-refractivity contribution in [2.45, 2.75) is 64.8 Å². The van der Waals surface area contributed by atoms with Gasteiger partial charge in [-0.2, -0.15) is 5.26 Å². The van der Waals surface area contributed by atoms with E-state index in [1.54, 1.807) is 12.1 Å². The summed E-state index contributed by atoms with van der Waals surface area (Å²) in [6.45, 7) is 8.42. The molecule has 33 heavy (non-hydrogen) atoms. The van der Waals surface area contributed by atoms with Crippen molar-refractivity contribution < 1.29 is 18.7 Å². The SMILES string of the molecule is CC1CCC(CN(C)c2cccc(OCc3ccc(C#N)cc3F)c2)N1C(=O)OC(C)(C)C. The largest absolute Gasteiger partial charge is 0.489 e. The van der Waals surface area contributed by atoms with Gasteiger partial charge in [-0.1, -0.05) is 12.1 Å². The molecule has 176 valence electrons. The average Bonchev–Trinajstić information content (AvgIpc) is 3.11. The first-order valence-electron chi connectivity index (χ1n) is 11.2. The van der Waals surface area contributed by atoms with Gasteiger partial charge in [0, 0.05) is 37.0 Å². The Kier molecular flexibility index (Phi) is 7.47. The third-order valence-corrected chi connectivity index (χ3v) is 5.71. The lowest BCUT2D eigenvalue weighted by Crippen LogP contribution is -2.47. The molecule has 0 spiro atoms. The van der Waals surface area contributed by atoms with Crippen LogP contribution >= 0.6 is 0 Å². The van der Waals surface area contributed by atoms with Crippen molar-refractivity contribution in [1.82, 2.24) is 4.90 Å². The summed E-state index contributed by atoms with van der Waals surface area (Å²) in [5.74, 6) is 0.159. The van der Waals surface area contributed by atoms with Gasteiger partial charge in [0.1, 0.15) is 23.8 Å². The number of ether oxygens (including phenoxy) is 2. The first-order chi connectivity index (χ1) is 15.6. The van der Waals surface area contributed by atoms with E-state index in [1.165, 1.54) is 6.07 Å². The van der Waals surface area contributed by atoms with Crippen LogP contribution in [-0.4, -0.2) is 42.3 Å². The second kappa shape index (κ2) is 10.1. The van der Waals surface area contributed by atoms with Crippen molar-refractivity contribution in [2.24, 2.45) is 0 Å². The predicted molar refractivity (Wildman–Crippen MR) is 126 cm³/mol. The number of nitriles is 1. The summed E-state index contributed by atoms with van der Waals surface area (Å²) in [7, 11) is 1.98. The van der Waals surface area contributed by atoms with Crippen molar-refractivity contribution in [2.75, 3.05) is 18.5 Å². The summed E-state index contributed by atoms with van der Waals surface area (Å²) < 4.78 is 25.6. The normalized spacial score (nSPS) is 18.0. The quantitative estimate of drug-likeness (QED) is 0.578. The highest BCUT2D eigenvalue weighted by Crippen LogP contribution is 2.29. The summed E-state index contributed by atoms with van der Waals surface area (Å²) in [4.78, 5) is 16.7. The van der Waals surface area contributed by atoms with E-state index >= 15 is 0 Å².